The van der Waals surface area contributed by atoms with Crippen molar-refractivity contribution in [3.63, 3.8) is 0 Å². The smallest absolute Gasteiger partial charge is 0.172 e. The van der Waals surface area contributed by atoms with Crippen molar-refractivity contribution in [2.45, 2.75) is 18.9 Å². The fourth-order valence-corrected chi connectivity index (χ4v) is 1.48. The van der Waals surface area contributed by atoms with Crippen LogP contribution in [0, 0.1) is 0 Å². The van der Waals surface area contributed by atoms with Crippen molar-refractivity contribution in [1.29, 1.82) is 0 Å². The number of nitrogens with zero attached hydrogens (tertiary/aromatic N) is 2. The van der Waals surface area contributed by atoms with Crippen LogP contribution >= 0.6 is 0 Å². The molecule has 0 N–H and O–H groups in total. The average molecular weight is 141 g/mol. The third-order valence-electron chi connectivity index (χ3n) is 2.56. The van der Waals surface area contributed by atoms with E-state index in [1.54, 1.807) is 0 Å². The minimum atomic E-state index is 0.314. The number of hydrogen-bond donors (Lipinski definition) is 0. The summed E-state index contributed by atoms with van der Waals surface area (Å²) >= 11 is 0. The summed E-state index contributed by atoms with van der Waals surface area (Å²) in [4.78, 5) is 2.35. The van der Waals surface area contributed by atoms with Gasteiger partial charge in [0.05, 0.1) is 6.54 Å². The lowest BCUT2D eigenvalue weighted by Crippen LogP contribution is -2.38. The Balaban J connectivity index is 2.63. The zero-order chi connectivity index (χ0) is 7.78. The Labute approximate surface area is 63.2 Å². The Bertz CT molecular complexity index is 153. The molecule has 58 valence electrons. The Morgan fingerprint density at radius 2 is 2.20 bits per heavy atom. The second-order valence-electron chi connectivity index (χ2n) is 3.68. The fraction of sp³-hybridized carbons (Fsp3) is 0.875. The monoisotopic (exact) mass is 141 g/mol. The highest BCUT2D eigenvalue weighted by atomic mass is 15.2. The van der Waals surface area contributed by atoms with E-state index in [-0.39, 0.29) is 0 Å². The lowest BCUT2D eigenvalue weighted by molar-refractivity contribution is -0.567. The molecule has 1 atom stereocenters. The van der Waals surface area contributed by atoms with Gasteiger partial charge in [-0.2, -0.15) is 0 Å². The zero-order valence-corrected chi connectivity index (χ0v) is 7.22. The van der Waals surface area contributed by atoms with Gasteiger partial charge in [0.25, 0.3) is 0 Å². The quantitative estimate of drug-likeness (QED) is 0.379. The molecule has 1 fully saturated rings. The summed E-state index contributed by atoms with van der Waals surface area (Å²) in [7, 11) is 4.22. The van der Waals surface area contributed by atoms with Crippen molar-refractivity contribution >= 4 is 6.72 Å². The molecule has 0 radical (unpaired) electrons. The molecule has 1 aliphatic rings. The van der Waals surface area contributed by atoms with Crippen LogP contribution in [0.5, 0.6) is 0 Å². The summed E-state index contributed by atoms with van der Waals surface area (Å²) in [6, 6.07) is 0. The average Bonchev–Trinajstić information content (AvgIpc) is 2.13. The van der Waals surface area contributed by atoms with Crippen molar-refractivity contribution in [2.75, 3.05) is 27.2 Å². The van der Waals surface area contributed by atoms with Gasteiger partial charge in [0, 0.05) is 19.9 Å². The van der Waals surface area contributed by atoms with Gasteiger partial charge in [-0.15, -0.1) is 0 Å². The molecule has 1 heterocycles. The SMILES string of the molecule is C=[N+](C)[C@]1(C)CCN(C)C1. The summed E-state index contributed by atoms with van der Waals surface area (Å²) in [6.07, 6.45) is 1.24. The molecular weight excluding hydrogens is 124 g/mol. The van der Waals surface area contributed by atoms with Crippen molar-refractivity contribution in [3.05, 3.63) is 0 Å². The maximum Gasteiger partial charge on any atom is 0.172 e. The topological polar surface area (TPSA) is 6.25 Å². The fourth-order valence-electron chi connectivity index (χ4n) is 1.48. The standard InChI is InChI=1S/C8H17N2/c1-8(9(2)3)5-6-10(4)7-8/h2,5-7H2,1,3-4H3/q+1/t8-/m1/s1. The van der Waals surface area contributed by atoms with Gasteiger partial charge >= 0.3 is 0 Å². The molecule has 0 aromatic heterocycles. The van der Waals surface area contributed by atoms with E-state index in [0.29, 0.717) is 5.54 Å². The summed E-state index contributed by atoms with van der Waals surface area (Å²) in [5.74, 6) is 0. The van der Waals surface area contributed by atoms with Crippen LogP contribution in [0.15, 0.2) is 0 Å². The second kappa shape index (κ2) is 2.35. The molecule has 2 heteroatoms. The minimum absolute atomic E-state index is 0.314. The van der Waals surface area contributed by atoms with Gasteiger partial charge in [-0.1, -0.05) is 0 Å². The molecule has 1 saturated heterocycles. The molecule has 1 rings (SSSR count). The lowest BCUT2D eigenvalue weighted by atomic mass is 10.0. The van der Waals surface area contributed by atoms with Crippen LogP contribution in [0.25, 0.3) is 0 Å². The lowest BCUT2D eigenvalue weighted by Gasteiger charge is -2.17. The van der Waals surface area contributed by atoms with Crippen molar-refractivity contribution in [1.82, 2.24) is 4.90 Å². The van der Waals surface area contributed by atoms with E-state index in [0.717, 1.165) is 6.54 Å². The number of hydrogen-bond acceptors (Lipinski definition) is 1. The van der Waals surface area contributed by atoms with Crippen molar-refractivity contribution in [3.8, 4) is 0 Å². The normalized spacial score (nSPS) is 34.7. The van der Waals surface area contributed by atoms with E-state index in [9.17, 15) is 0 Å². The maximum atomic E-state index is 3.93. The highest BCUT2D eigenvalue weighted by Gasteiger charge is 2.38. The predicted octanol–water partition coefficient (Wildman–Crippen LogP) is 0.423. The van der Waals surface area contributed by atoms with Crippen LogP contribution in [-0.4, -0.2) is 48.9 Å². The molecule has 1 aliphatic heterocycles. The Morgan fingerprint density at radius 3 is 2.40 bits per heavy atom. The first kappa shape index (κ1) is 7.73. The van der Waals surface area contributed by atoms with Crippen LogP contribution in [0.4, 0.5) is 0 Å². The summed E-state index contributed by atoms with van der Waals surface area (Å²) in [5, 5.41) is 0. The first-order valence-corrected chi connectivity index (χ1v) is 3.77. The molecule has 0 spiro atoms. The first-order chi connectivity index (χ1) is 4.54. The van der Waals surface area contributed by atoms with E-state index in [1.807, 2.05) is 0 Å². The summed E-state index contributed by atoms with van der Waals surface area (Å²) < 4.78 is 2.08. The summed E-state index contributed by atoms with van der Waals surface area (Å²) in [6.45, 7) is 8.55. The van der Waals surface area contributed by atoms with E-state index < -0.39 is 0 Å². The number of likely N-dealkylation sites (N-methyl/N-ethyl adjacent to an activating group) is 2. The third-order valence-corrected chi connectivity index (χ3v) is 2.56. The summed E-state index contributed by atoms with van der Waals surface area (Å²) in [5.41, 5.74) is 0.314. The van der Waals surface area contributed by atoms with E-state index in [4.69, 9.17) is 0 Å². The van der Waals surface area contributed by atoms with Crippen LogP contribution < -0.4 is 0 Å². The highest BCUT2D eigenvalue weighted by Crippen LogP contribution is 2.21. The molecule has 0 aromatic carbocycles. The highest BCUT2D eigenvalue weighted by molar-refractivity contribution is 5.15. The first-order valence-electron chi connectivity index (χ1n) is 3.77. The Hall–Kier alpha value is -0.370. The Morgan fingerprint density at radius 1 is 1.60 bits per heavy atom. The zero-order valence-electron chi connectivity index (χ0n) is 7.22. The molecule has 0 aliphatic carbocycles. The molecule has 0 saturated carbocycles. The maximum absolute atomic E-state index is 3.93. The third kappa shape index (κ3) is 1.21. The minimum Gasteiger partial charge on any atom is -0.300 e. The van der Waals surface area contributed by atoms with E-state index in [2.05, 4.69) is 37.2 Å². The van der Waals surface area contributed by atoms with Gasteiger partial charge in [-0.25, -0.2) is 4.58 Å². The second-order valence-corrected chi connectivity index (χ2v) is 3.68. The molecule has 2 nitrogen and oxygen atoms in total. The molecule has 0 aromatic rings. The molecular formula is C8H17N2+. The molecule has 0 amide bonds. The largest absolute Gasteiger partial charge is 0.300 e. The number of rotatable bonds is 1. The van der Waals surface area contributed by atoms with Crippen molar-refractivity contribution in [2.24, 2.45) is 0 Å². The van der Waals surface area contributed by atoms with Gasteiger partial charge in [0.15, 0.2) is 5.54 Å². The van der Waals surface area contributed by atoms with Gasteiger partial charge in [0.1, 0.15) is 13.8 Å². The molecule has 0 unspecified atom stereocenters. The number of likely N-dealkylation sites (tertiary alicyclic amines) is 1. The van der Waals surface area contributed by atoms with Crippen LogP contribution in [0.1, 0.15) is 13.3 Å². The van der Waals surface area contributed by atoms with E-state index >= 15 is 0 Å². The van der Waals surface area contributed by atoms with Crippen molar-refractivity contribution < 1.29 is 4.58 Å². The van der Waals surface area contributed by atoms with Gasteiger partial charge < -0.3 is 0 Å². The Kier molecular flexibility index (Phi) is 1.82. The predicted molar refractivity (Wildman–Crippen MR) is 43.8 cm³/mol. The van der Waals surface area contributed by atoms with Gasteiger partial charge in [-0.05, 0) is 7.05 Å². The van der Waals surface area contributed by atoms with Crippen LogP contribution in [0.3, 0.4) is 0 Å². The van der Waals surface area contributed by atoms with Gasteiger partial charge in [-0.3, -0.25) is 4.90 Å². The van der Waals surface area contributed by atoms with Crippen LogP contribution in [0.2, 0.25) is 0 Å². The molecule has 10 heavy (non-hydrogen) atoms. The van der Waals surface area contributed by atoms with E-state index in [1.165, 1.54) is 13.0 Å². The molecule has 0 bridgehead atoms. The van der Waals surface area contributed by atoms with Crippen LogP contribution in [-0.2, 0) is 0 Å². The van der Waals surface area contributed by atoms with Gasteiger partial charge in [0.2, 0.25) is 0 Å².